The van der Waals surface area contributed by atoms with Gasteiger partial charge in [-0.15, -0.1) is 0 Å². The van der Waals surface area contributed by atoms with Gasteiger partial charge in [0.25, 0.3) is 0 Å². The summed E-state index contributed by atoms with van der Waals surface area (Å²) in [6.45, 7) is 0. The lowest BCUT2D eigenvalue weighted by atomic mass is 10.1. The van der Waals surface area contributed by atoms with Crippen molar-refractivity contribution in [3.63, 3.8) is 0 Å². The third kappa shape index (κ3) is 3.73. The average molecular weight is 376 g/mol. The highest BCUT2D eigenvalue weighted by Crippen LogP contribution is 2.24. The largest absolute Gasteiger partial charge is 0.409 e. The van der Waals surface area contributed by atoms with Crippen molar-refractivity contribution < 1.29 is 18.4 Å². The Bertz CT molecular complexity index is 702. The third-order valence-electron chi connectivity index (χ3n) is 3.23. The van der Waals surface area contributed by atoms with Crippen LogP contribution in [0.3, 0.4) is 0 Å². The lowest BCUT2D eigenvalue weighted by Gasteiger charge is -2.13. The summed E-state index contributed by atoms with van der Waals surface area (Å²) >= 11 is 3.26. The number of nitrogens with two attached hydrogens (primary N) is 1. The molecule has 2 rings (SSSR count). The average Bonchev–Trinajstić information content (AvgIpc) is 2.80. The lowest BCUT2D eigenvalue weighted by Crippen LogP contribution is -2.25. The fourth-order valence-electron chi connectivity index (χ4n) is 2.13. The molecule has 7 nitrogen and oxygen atoms in total. The molecule has 0 saturated carbocycles. The molecule has 0 aliphatic carbocycles. The van der Waals surface area contributed by atoms with Gasteiger partial charge in [0.2, 0.25) is 5.91 Å². The first-order valence-electron chi connectivity index (χ1n) is 6.11. The summed E-state index contributed by atoms with van der Waals surface area (Å²) in [5.41, 5.74) is 6.28. The van der Waals surface area contributed by atoms with Crippen molar-refractivity contribution in [2.75, 3.05) is 16.8 Å². The highest BCUT2D eigenvalue weighted by molar-refractivity contribution is 9.10. The topological polar surface area (TPSA) is 122 Å². The number of amidine groups is 1. The minimum Gasteiger partial charge on any atom is -0.409 e. The number of anilines is 1. The fourth-order valence-corrected chi connectivity index (χ4v) is 4.23. The number of nitrogens with zero attached hydrogens (tertiary/aromatic N) is 1. The Hall–Kier alpha value is -1.61. The van der Waals surface area contributed by atoms with Crippen LogP contribution in [0.15, 0.2) is 27.8 Å². The van der Waals surface area contributed by atoms with E-state index in [1.54, 1.807) is 18.2 Å². The molecular weight excluding hydrogens is 362 g/mol. The molecule has 1 aromatic carbocycles. The van der Waals surface area contributed by atoms with Crippen LogP contribution in [-0.4, -0.2) is 36.9 Å². The highest BCUT2D eigenvalue weighted by atomic mass is 79.9. The molecule has 4 N–H and O–H groups in total. The van der Waals surface area contributed by atoms with Crippen LogP contribution in [0.1, 0.15) is 12.0 Å². The zero-order valence-corrected chi connectivity index (χ0v) is 13.3. The molecule has 1 saturated heterocycles. The molecule has 9 heteroatoms. The van der Waals surface area contributed by atoms with Gasteiger partial charge in [-0.2, -0.15) is 0 Å². The molecule has 1 aliphatic heterocycles. The third-order valence-corrected chi connectivity index (χ3v) is 5.49. The number of sulfone groups is 1. The molecule has 0 bridgehead atoms. The van der Waals surface area contributed by atoms with Gasteiger partial charge in [-0.05, 0) is 24.6 Å². The van der Waals surface area contributed by atoms with Gasteiger partial charge in [-0.3, -0.25) is 4.79 Å². The smallest absolute Gasteiger partial charge is 0.228 e. The first kappa shape index (κ1) is 15.8. The predicted molar refractivity (Wildman–Crippen MR) is 82.0 cm³/mol. The van der Waals surface area contributed by atoms with Gasteiger partial charge in [0.05, 0.1) is 23.1 Å². The zero-order valence-electron chi connectivity index (χ0n) is 10.9. The van der Waals surface area contributed by atoms with Crippen LogP contribution in [0, 0.1) is 5.92 Å². The van der Waals surface area contributed by atoms with E-state index in [0.29, 0.717) is 22.1 Å². The van der Waals surface area contributed by atoms with Gasteiger partial charge >= 0.3 is 0 Å². The van der Waals surface area contributed by atoms with E-state index in [4.69, 9.17) is 10.9 Å². The van der Waals surface area contributed by atoms with Crippen LogP contribution in [0.2, 0.25) is 0 Å². The van der Waals surface area contributed by atoms with Crippen molar-refractivity contribution in [1.29, 1.82) is 0 Å². The number of rotatable bonds is 3. The monoisotopic (exact) mass is 375 g/mol. The Morgan fingerprint density at radius 3 is 2.76 bits per heavy atom. The number of carbonyl (C=O) groups excluding carboxylic acids is 1. The van der Waals surface area contributed by atoms with Crippen LogP contribution >= 0.6 is 15.9 Å². The quantitative estimate of drug-likeness (QED) is 0.313. The number of halogens is 1. The fraction of sp³-hybridized carbons (Fsp3) is 0.333. The second-order valence-electron chi connectivity index (χ2n) is 4.76. The maximum atomic E-state index is 12.1. The summed E-state index contributed by atoms with van der Waals surface area (Å²) in [5, 5.41) is 14.3. The number of oxime groups is 1. The number of nitrogens with one attached hydrogen (secondary N) is 1. The van der Waals surface area contributed by atoms with E-state index in [1.807, 2.05) is 0 Å². The Morgan fingerprint density at radius 2 is 2.19 bits per heavy atom. The number of hydrogen-bond donors (Lipinski definition) is 3. The van der Waals surface area contributed by atoms with E-state index in [1.165, 1.54) is 0 Å². The summed E-state index contributed by atoms with van der Waals surface area (Å²) < 4.78 is 23.5. The molecule has 0 radical (unpaired) electrons. The molecule has 114 valence electrons. The molecule has 1 amide bonds. The van der Waals surface area contributed by atoms with Crippen molar-refractivity contribution in [3.8, 4) is 0 Å². The van der Waals surface area contributed by atoms with Gasteiger partial charge in [-0.25, -0.2) is 8.42 Å². The number of hydrogen-bond acceptors (Lipinski definition) is 5. The molecular formula is C12H14BrN3O4S. The van der Waals surface area contributed by atoms with Crippen molar-refractivity contribution in [2.45, 2.75) is 6.42 Å². The Balaban J connectivity index is 2.22. The van der Waals surface area contributed by atoms with E-state index in [9.17, 15) is 13.2 Å². The summed E-state index contributed by atoms with van der Waals surface area (Å²) in [6.07, 6.45) is 0.309. The van der Waals surface area contributed by atoms with Gasteiger partial charge in [0.15, 0.2) is 15.7 Å². The molecule has 1 aromatic rings. The summed E-state index contributed by atoms with van der Waals surface area (Å²) in [4.78, 5) is 12.1. The van der Waals surface area contributed by atoms with E-state index in [0.717, 1.165) is 0 Å². The number of benzene rings is 1. The second-order valence-corrected chi connectivity index (χ2v) is 7.91. The van der Waals surface area contributed by atoms with Gasteiger partial charge < -0.3 is 16.3 Å². The predicted octanol–water partition coefficient (Wildman–Crippen LogP) is 0.917. The van der Waals surface area contributed by atoms with E-state index >= 15 is 0 Å². The van der Waals surface area contributed by atoms with Gasteiger partial charge in [0.1, 0.15) is 0 Å². The lowest BCUT2D eigenvalue weighted by molar-refractivity contribution is -0.119. The van der Waals surface area contributed by atoms with Crippen LogP contribution in [0.4, 0.5) is 5.69 Å². The SMILES string of the molecule is N/C(=N/O)c1cc(Br)ccc1NC(=O)C1CCS(=O)(=O)C1. The van der Waals surface area contributed by atoms with Crippen LogP contribution in [0.25, 0.3) is 0 Å². The molecule has 1 fully saturated rings. The van der Waals surface area contributed by atoms with Crippen molar-refractivity contribution in [3.05, 3.63) is 28.2 Å². The van der Waals surface area contributed by atoms with Crippen LogP contribution < -0.4 is 11.1 Å². The Labute approximate surface area is 130 Å². The van der Waals surface area contributed by atoms with Crippen molar-refractivity contribution in [2.24, 2.45) is 16.8 Å². The second kappa shape index (κ2) is 6.02. The molecule has 1 aliphatic rings. The summed E-state index contributed by atoms with van der Waals surface area (Å²) in [7, 11) is -3.13. The van der Waals surface area contributed by atoms with Crippen molar-refractivity contribution in [1.82, 2.24) is 0 Å². The standard InChI is InChI=1S/C12H14BrN3O4S/c13-8-1-2-10(9(5-8)11(14)16-18)15-12(17)7-3-4-21(19,20)6-7/h1-2,5,7,18H,3-4,6H2,(H2,14,16)(H,15,17). The van der Waals surface area contributed by atoms with Crippen LogP contribution in [0.5, 0.6) is 0 Å². The first-order valence-corrected chi connectivity index (χ1v) is 8.72. The van der Waals surface area contributed by atoms with Crippen LogP contribution in [-0.2, 0) is 14.6 Å². The van der Waals surface area contributed by atoms with Gasteiger partial charge in [0, 0.05) is 10.0 Å². The van der Waals surface area contributed by atoms with E-state index in [2.05, 4.69) is 26.4 Å². The molecule has 0 spiro atoms. The first-order chi connectivity index (χ1) is 9.82. The summed E-state index contributed by atoms with van der Waals surface area (Å²) in [6, 6.07) is 4.88. The van der Waals surface area contributed by atoms with Gasteiger partial charge in [-0.1, -0.05) is 21.1 Å². The molecule has 0 aromatic heterocycles. The summed E-state index contributed by atoms with van der Waals surface area (Å²) in [5.74, 6) is -1.22. The van der Waals surface area contributed by atoms with E-state index < -0.39 is 15.8 Å². The maximum absolute atomic E-state index is 12.1. The minimum atomic E-state index is -3.13. The zero-order chi connectivity index (χ0) is 15.6. The molecule has 21 heavy (non-hydrogen) atoms. The molecule has 1 heterocycles. The normalized spacial score (nSPS) is 21.2. The molecule has 1 unspecified atom stereocenters. The number of amides is 1. The Kier molecular flexibility index (Phi) is 4.52. The van der Waals surface area contributed by atoms with E-state index in [-0.39, 0.29) is 23.2 Å². The maximum Gasteiger partial charge on any atom is 0.228 e. The highest BCUT2D eigenvalue weighted by Gasteiger charge is 2.33. The Morgan fingerprint density at radius 1 is 1.48 bits per heavy atom. The number of carbonyl (C=O) groups is 1. The van der Waals surface area contributed by atoms with Crippen molar-refractivity contribution >= 4 is 43.2 Å². The molecule has 1 atom stereocenters. The minimum absolute atomic E-state index is 0.0263.